The summed E-state index contributed by atoms with van der Waals surface area (Å²) in [5.41, 5.74) is 5.98. The van der Waals surface area contributed by atoms with E-state index in [0.29, 0.717) is 10.1 Å². The van der Waals surface area contributed by atoms with Crippen LogP contribution in [-0.2, 0) is 11.3 Å². The SMILES string of the molecule is Nc1nccnc1C(=O)OCc1nc2ccccc2n1C(F)F. The topological polar surface area (TPSA) is 95.9 Å². The molecule has 0 aliphatic heterocycles. The van der Waals surface area contributed by atoms with Crippen molar-refractivity contribution in [2.75, 3.05) is 5.73 Å². The highest BCUT2D eigenvalue weighted by Crippen LogP contribution is 2.23. The second-order valence-electron chi connectivity index (χ2n) is 4.53. The van der Waals surface area contributed by atoms with Gasteiger partial charge in [-0.05, 0) is 12.1 Å². The zero-order valence-electron chi connectivity index (χ0n) is 11.7. The van der Waals surface area contributed by atoms with Gasteiger partial charge in [-0.25, -0.2) is 19.7 Å². The molecule has 0 saturated carbocycles. The molecule has 2 aromatic heterocycles. The molecular weight excluding hydrogens is 308 g/mol. The van der Waals surface area contributed by atoms with Gasteiger partial charge in [-0.1, -0.05) is 12.1 Å². The Hall–Kier alpha value is -3.10. The van der Waals surface area contributed by atoms with E-state index in [-0.39, 0.29) is 22.9 Å². The summed E-state index contributed by atoms with van der Waals surface area (Å²) in [6.45, 7) is -3.24. The van der Waals surface area contributed by atoms with E-state index in [1.165, 1.54) is 18.5 Å². The molecule has 0 amide bonds. The van der Waals surface area contributed by atoms with Gasteiger partial charge in [0.05, 0.1) is 11.0 Å². The summed E-state index contributed by atoms with van der Waals surface area (Å²) >= 11 is 0. The molecule has 2 N–H and O–H groups in total. The molecule has 3 rings (SSSR count). The molecule has 0 aliphatic rings. The minimum atomic E-state index is -2.81. The average molecular weight is 319 g/mol. The van der Waals surface area contributed by atoms with Crippen molar-refractivity contribution in [1.82, 2.24) is 19.5 Å². The number of para-hydroxylation sites is 2. The van der Waals surface area contributed by atoms with Crippen LogP contribution in [0.15, 0.2) is 36.7 Å². The lowest BCUT2D eigenvalue weighted by Gasteiger charge is -2.08. The number of hydrogen-bond acceptors (Lipinski definition) is 6. The van der Waals surface area contributed by atoms with E-state index >= 15 is 0 Å². The number of esters is 1. The Morgan fingerprint density at radius 3 is 2.74 bits per heavy atom. The van der Waals surface area contributed by atoms with Crippen molar-refractivity contribution in [2.45, 2.75) is 13.2 Å². The smallest absolute Gasteiger partial charge is 0.361 e. The van der Waals surface area contributed by atoms with Crippen LogP contribution in [0.3, 0.4) is 0 Å². The highest BCUT2D eigenvalue weighted by molar-refractivity contribution is 5.91. The fourth-order valence-electron chi connectivity index (χ4n) is 2.12. The van der Waals surface area contributed by atoms with Crippen molar-refractivity contribution < 1.29 is 18.3 Å². The number of benzene rings is 1. The molecule has 9 heteroatoms. The molecule has 0 spiro atoms. The predicted octanol–water partition coefficient (Wildman–Crippen LogP) is 2.16. The predicted molar refractivity (Wildman–Crippen MR) is 76.5 cm³/mol. The molecule has 2 heterocycles. The van der Waals surface area contributed by atoms with Crippen molar-refractivity contribution in [2.24, 2.45) is 0 Å². The molecule has 0 radical (unpaired) electrons. The number of imidazole rings is 1. The molecule has 0 saturated heterocycles. The fraction of sp³-hybridized carbons (Fsp3) is 0.143. The Morgan fingerprint density at radius 1 is 1.26 bits per heavy atom. The molecule has 0 bridgehead atoms. The maximum absolute atomic E-state index is 13.2. The van der Waals surface area contributed by atoms with E-state index in [9.17, 15) is 13.6 Å². The van der Waals surface area contributed by atoms with Crippen molar-refractivity contribution in [3.63, 3.8) is 0 Å². The number of halogens is 2. The summed E-state index contributed by atoms with van der Waals surface area (Å²) in [7, 11) is 0. The zero-order valence-corrected chi connectivity index (χ0v) is 11.7. The van der Waals surface area contributed by atoms with E-state index in [1.807, 2.05) is 0 Å². The first kappa shape index (κ1) is 14.8. The van der Waals surface area contributed by atoms with Gasteiger partial charge in [-0.3, -0.25) is 4.57 Å². The highest BCUT2D eigenvalue weighted by Gasteiger charge is 2.20. The minimum Gasteiger partial charge on any atom is -0.453 e. The summed E-state index contributed by atoms with van der Waals surface area (Å²) in [6.07, 6.45) is 2.60. The lowest BCUT2D eigenvalue weighted by Crippen LogP contribution is -2.14. The lowest BCUT2D eigenvalue weighted by molar-refractivity contribution is 0.0382. The molecule has 0 aliphatic carbocycles. The number of ether oxygens (including phenoxy) is 1. The zero-order chi connectivity index (χ0) is 16.4. The first-order chi connectivity index (χ1) is 11.1. The van der Waals surface area contributed by atoms with Crippen LogP contribution in [-0.4, -0.2) is 25.5 Å². The van der Waals surface area contributed by atoms with Crippen molar-refractivity contribution in [1.29, 1.82) is 0 Å². The van der Waals surface area contributed by atoms with Crippen LogP contribution >= 0.6 is 0 Å². The summed E-state index contributed by atoms with van der Waals surface area (Å²) in [6, 6.07) is 6.42. The molecular formula is C14H11F2N5O2. The number of nitrogen functional groups attached to an aromatic ring is 1. The van der Waals surface area contributed by atoms with Crippen LogP contribution in [0, 0.1) is 0 Å². The van der Waals surface area contributed by atoms with Crippen LogP contribution < -0.4 is 5.73 Å². The average Bonchev–Trinajstić information content (AvgIpc) is 2.91. The van der Waals surface area contributed by atoms with Gasteiger partial charge in [0.15, 0.2) is 17.3 Å². The number of nitrogens with zero attached hydrogens (tertiary/aromatic N) is 4. The number of hydrogen-bond donors (Lipinski definition) is 1. The Bertz CT molecular complexity index is 865. The van der Waals surface area contributed by atoms with Gasteiger partial charge in [0.2, 0.25) is 0 Å². The number of nitrogens with two attached hydrogens (primary N) is 1. The Labute approximate surface area is 128 Å². The molecule has 118 valence electrons. The molecule has 0 unspecified atom stereocenters. The second-order valence-corrected chi connectivity index (χ2v) is 4.53. The van der Waals surface area contributed by atoms with Gasteiger partial charge >= 0.3 is 12.5 Å². The first-order valence-corrected chi connectivity index (χ1v) is 6.55. The van der Waals surface area contributed by atoms with E-state index in [2.05, 4.69) is 15.0 Å². The quantitative estimate of drug-likeness (QED) is 0.740. The molecule has 7 nitrogen and oxygen atoms in total. The molecule has 3 aromatic rings. The van der Waals surface area contributed by atoms with Gasteiger partial charge in [-0.2, -0.15) is 8.78 Å². The van der Waals surface area contributed by atoms with E-state index < -0.39 is 19.1 Å². The van der Waals surface area contributed by atoms with Crippen LogP contribution in [0.2, 0.25) is 0 Å². The van der Waals surface area contributed by atoms with Crippen LogP contribution in [0.5, 0.6) is 0 Å². The summed E-state index contributed by atoms with van der Waals surface area (Å²) in [5, 5.41) is 0. The number of carbonyl (C=O) groups excluding carboxylic acids is 1. The number of carbonyl (C=O) groups is 1. The third-order valence-electron chi connectivity index (χ3n) is 3.12. The minimum absolute atomic E-state index is 0.0722. The van der Waals surface area contributed by atoms with Gasteiger partial charge < -0.3 is 10.5 Å². The summed E-state index contributed by atoms with van der Waals surface area (Å²) in [4.78, 5) is 23.4. The van der Waals surface area contributed by atoms with Crippen LogP contribution in [0.4, 0.5) is 14.6 Å². The highest BCUT2D eigenvalue weighted by atomic mass is 19.3. The molecule has 1 aromatic carbocycles. The number of alkyl halides is 2. The number of aromatic nitrogens is 4. The van der Waals surface area contributed by atoms with Crippen LogP contribution in [0.1, 0.15) is 22.9 Å². The van der Waals surface area contributed by atoms with Crippen molar-refractivity contribution >= 4 is 22.8 Å². The lowest BCUT2D eigenvalue weighted by atomic mass is 10.3. The normalized spacial score (nSPS) is 11.1. The maximum atomic E-state index is 13.2. The van der Waals surface area contributed by atoms with Gasteiger partial charge in [0.1, 0.15) is 6.61 Å². The maximum Gasteiger partial charge on any atom is 0.361 e. The van der Waals surface area contributed by atoms with Gasteiger partial charge in [0.25, 0.3) is 0 Å². The summed E-state index contributed by atoms with van der Waals surface area (Å²) in [5.74, 6) is -1.03. The molecule has 0 atom stereocenters. The second kappa shape index (κ2) is 5.95. The fourth-order valence-corrected chi connectivity index (χ4v) is 2.12. The molecule has 0 fully saturated rings. The standard InChI is InChI=1S/C14H11F2N5O2/c15-14(16)21-9-4-2-1-3-8(9)20-10(21)7-23-13(22)11-12(17)19-6-5-18-11/h1-6,14H,7H2,(H2,17,19). The Balaban J connectivity index is 1.86. The van der Waals surface area contributed by atoms with Gasteiger partial charge in [-0.15, -0.1) is 0 Å². The Kier molecular flexibility index (Phi) is 3.83. The van der Waals surface area contributed by atoms with Crippen molar-refractivity contribution in [3.8, 4) is 0 Å². The Morgan fingerprint density at radius 2 is 2.00 bits per heavy atom. The molecule has 23 heavy (non-hydrogen) atoms. The van der Waals surface area contributed by atoms with E-state index in [0.717, 1.165) is 0 Å². The van der Waals surface area contributed by atoms with E-state index in [1.54, 1.807) is 18.2 Å². The first-order valence-electron chi connectivity index (χ1n) is 6.55. The van der Waals surface area contributed by atoms with Crippen molar-refractivity contribution in [3.05, 3.63) is 48.2 Å². The summed E-state index contributed by atoms with van der Waals surface area (Å²) < 4.78 is 32.2. The third kappa shape index (κ3) is 2.80. The number of fused-ring (bicyclic) bond motifs is 1. The van der Waals surface area contributed by atoms with Crippen LogP contribution in [0.25, 0.3) is 11.0 Å². The third-order valence-corrected chi connectivity index (χ3v) is 3.12. The van der Waals surface area contributed by atoms with Gasteiger partial charge in [0, 0.05) is 12.4 Å². The monoisotopic (exact) mass is 319 g/mol. The number of anilines is 1. The number of rotatable bonds is 4. The largest absolute Gasteiger partial charge is 0.453 e. The van der Waals surface area contributed by atoms with E-state index in [4.69, 9.17) is 10.5 Å².